The molecule has 2 aromatic rings. The molecule has 0 spiro atoms. The molecule has 2 rings (SSSR count). The summed E-state index contributed by atoms with van der Waals surface area (Å²) in [7, 11) is -1.37. The standard InChI is InChI=1S/C16H19FN2O3S/c1-11(2)7-18-15(20)10-23(21)9-14-8-22-16(19-14)12-4-3-5-13(17)6-12/h3-6,8,11H,7,9-10H2,1-2H3,(H,18,20). The summed E-state index contributed by atoms with van der Waals surface area (Å²) in [6.07, 6.45) is 1.38. The fourth-order valence-corrected chi connectivity index (χ4v) is 2.82. The highest BCUT2D eigenvalue weighted by molar-refractivity contribution is 7.84. The van der Waals surface area contributed by atoms with Crippen molar-refractivity contribution in [2.45, 2.75) is 19.6 Å². The monoisotopic (exact) mass is 338 g/mol. The third kappa shape index (κ3) is 5.59. The predicted molar refractivity (Wildman–Crippen MR) is 86.5 cm³/mol. The van der Waals surface area contributed by atoms with Crippen LogP contribution in [0.2, 0.25) is 0 Å². The number of hydrogen-bond acceptors (Lipinski definition) is 4. The van der Waals surface area contributed by atoms with Crippen LogP contribution in [0.3, 0.4) is 0 Å². The fourth-order valence-electron chi connectivity index (χ4n) is 1.86. The van der Waals surface area contributed by atoms with Gasteiger partial charge in [0.2, 0.25) is 11.8 Å². The maximum absolute atomic E-state index is 13.2. The number of hydrogen-bond donors (Lipinski definition) is 1. The van der Waals surface area contributed by atoms with E-state index in [0.717, 1.165) is 0 Å². The first-order valence-electron chi connectivity index (χ1n) is 7.26. The normalized spacial score (nSPS) is 12.3. The van der Waals surface area contributed by atoms with Crippen LogP contribution in [-0.2, 0) is 21.3 Å². The molecule has 0 saturated heterocycles. The van der Waals surface area contributed by atoms with Gasteiger partial charge in [0.05, 0.1) is 11.4 Å². The van der Waals surface area contributed by atoms with Gasteiger partial charge < -0.3 is 9.73 Å². The van der Waals surface area contributed by atoms with Gasteiger partial charge in [-0.15, -0.1) is 0 Å². The Kier molecular flexibility index (Phi) is 6.04. The molecule has 1 aromatic carbocycles. The Balaban J connectivity index is 1.91. The molecular formula is C16H19FN2O3S. The zero-order chi connectivity index (χ0) is 16.8. The average molecular weight is 338 g/mol. The van der Waals surface area contributed by atoms with Crippen LogP contribution in [0.1, 0.15) is 19.5 Å². The number of benzene rings is 1. The molecule has 23 heavy (non-hydrogen) atoms. The van der Waals surface area contributed by atoms with Crippen molar-refractivity contribution in [2.24, 2.45) is 5.92 Å². The fraction of sp³-hybridized carbons (Fsp3) is 0.375. The summed E-state index contributed by atoms with van der Waals surface area (Å²) >= 11 is 0. The molecule has 1 unspecified atom stereocenters. The summed E-state index contributed by atoms with van der Waals surface area (Å²) < 4.78 is 30.4. The largest absolute Gasteiger partial charge is 0.444 e. The quantitative estimate of drug-likeness (QED) is 0.842. The molecule has 0 bridgehead atoms. The van der Waals surface area contributed by atoms with Gasteiger partial charge >= 0.3 is 0 Å². The molecule has 0 radical (unpaired) electrons. The number of halogens is 1. The van der Waals surface area contributed by atoms with Crippen molar-refractivity contribution in [3.05, 3.63) is 42.0 Å². The molecule has 1 heterocycles. The van der Waals surface area contributed by atoms with E-state index >= 15 is 0 Å². The van der Waals surface area contributed by atoms with Gasteiger partial charge in [-0.05, 0) is 24.1 Å². The van der Waals surface area contributed by atoms with Gasteiger partial charge in [0.1, 0.15) is 17.8 Å². The Morgan fingerprint density at radius 1 is 1.43 bits per heavy atom. The number of rotatable bonds is 7. The SMILES string of the molecule is CC(C)CNC(=O)CS(=O)Cc1coc(-c2cccc(F)c2)n1. The minimum absolute atomic E-state index is 0.0745. The van der Waals surface area contributed by atoms with E-state index < -0.39 is 10.8 Å². The van der Waals surface area contributed by atoms with Crippen LogP contribution in [0.25, 0.3) is 11.5 Å². The molecule has 0 aliphatic rings. The molecule has 0 aliphatic heterocycles. The molecule has 0 fully saturated rings. The van der Waals surface area contributed by atoms with Crippen LogP contribution in [0.5, 0.6) is 0 Å². The second-order valence-corrected chi connectivity index (χ2v) is 7.04. The van der Waals surface area contributed by atoms with Gasteiger partial charge in [0.25, 0.3) is 0 Å². The van der Waals surface area contributed by atoms with Crippen molar-refractivity contribution in [3.8, 4) is 11.5 Å². The van der Waals surface area contributed by atoms with Gasteiger partial charge in [0, 0.05) is 22.9 Å². The van der Waals surface area contributed by atoms with Gasteiger partial charge in [-0.2, -0.15) is 0 Å². The zero-order valence-corrected chi connectivity index (χ0v) is 13.9. The lowest BCUT2D eigenvalue weighted by Gasteiger charge is -2.06. The molecular weight excluding hydrogens is 319 g/mol. The van der Waals surface area contributed by atoms with E-state index in [9.17, 15) is 13.4 Å². The predicted octanol–water partition coefficient (Wildman–Crippen LogP) is 2.50. The molecule has 1 N–H and O–H groups in total. The Morgan fingerprint density at radius 3 is 2.91 bits per heavy atom. The number of aromatic nitrogens is 1. The molecule has 1 atom stereocenters. The molecule has 124 valence electrons. The van der Waals surface area contributed by atoms with E-state index in [1.165, 1.54) is 18.4 Å². The molecule has 0 aliphatic carbocycles. The van der Waals surface area contributed by atoms with Crippen LogP contribution in [-0.4, -0.2) is 27.4 Å². The van der Waals surface area contributed by atoms with E-state index in [0.29, 0.717) is 23.7 Å². The highest BCUT2D eigenvalue weighted by atomic mass is 32.2. The minimum atomic E-state index is -1.37. The summed E-state index contributed by atoms with van der Waals surface area (Å²) in [6, 6.07) is 5.88. The van der Waals surface area contributed by atoms with Gasteiger partial charge in [0.15, 0.2) is 0 Å². The maximum atomic E-state index is 13.2. The molecule has 0 saturated carbocycles. The first kappa shape index (κ1) is 17.3. The van der Waals surface area contributed by atoms with Crippen molar-refractivity contribution >= 4 is 16.7 Å². The first-order valence-corrected chi connectivity index (χ1v) is 8.75. The van der Waals surface area contributed by atoms with Crippen LogP contribution in [0.15, 0.2) is 34.9 Å². The van der Waals surface area contributed by atoms with E-state index in [1.54, 1.807) is 12.1 Å². The van der Waals surface area contributed by atoms with Crippen LogP contribution < -0.4 is 5.32 Å². The smallest absolute Gasteiger partial charge is 0.232 e. The number of nitrogens with zero attached hydrogens (tertiary/aromatic N) is 1. The molecule has 1 aromatic heterocycles. The highest BCUT2D eigenvalue weighted by Gasteiger charge is 2.13. The Hall–Kier alpha value is -2.02. The molecule has 7 heteroatoms. The van der Waals surface area contributed by atoms with E-state index in [4.69, 9.17) is 4.42 Å². The van der Waals surface area contributed by atoms with Gasteiger partial charge in [-0.1, -0.05) is 19.9 Å². The Morgan fingerprint density at radius 2 is 2.22 bits per heavy atom. The van der Waals surface area contributed by atoms with Gasteiger partial charge in [-0.3, -0.25) is 9.00 Å². The summed E-state index contributed by atoms with van der Waals surface area (Å²) in [5.74, 6) is 0.0269. The Bertz CT molecular complexity index is 700. The van der Waals surface area contributed by atoms with Crippen molar-refractivity contribution < 1.29 is 17.8 Å². The minimum Gasteiger partial charge on any atom is -0.444 e. The maximum Gasteiger partial charge on any atom is 0.232 e. The Labute approximate surface area is 136 Å². The van der Waals surface area contributed by atoms with Crippen LogP contribution in [0.4, 0.5) is 4.39 Å². The summed E-state index contributed by atoms with van der Waals surface area (Å²) in [5.41, 5.74) is 0.982. The van der Waals surface area contributed by atoms with Crippen molar-refractivity contribution in [3.63, 3.8) is 0 Å². The number of oxazole rings is 1. The lowest BCUT2D eigenvalue weighted by molar-refractivity contribution is -0.118. The van der Waals surface area contributed by atoms with Crippen molar-refractivity contribution in [1.82, 2.24) is 10.3 Å². The molecule has 1 amide bonds. The lowest BCUT2D eigenvalue weighted by Crippen LogP contribution is -2.31. The highest BCUT2D eigenvalue weighted by Crippen LogP contribution is 2.19. The van der Waals surface area contributed by atoms with Crippen LogP contribution in [0, 0.1) is 11.7 Å². The third-order valence-corrected chi connectivity index (χ3v) is 4.13. The lowest BCUT2D eigenvalue weighted by atomic mass is 10.2. The number of carbonyl (C=O) groups excluding carboxylic acids is 1. The molecule has 5 nitrogen and oxygen atoms in total. The van der Waals surface area contributed by atoms with E-state index in [-0.39, 0.29) is 29.1 Å². The van der Waals surface area contributed by atoms with Crippen molar-refractivity contribution in [2.75, 3.05) is 12.3 Å². The van der Waals surface area contributed by atoms with Gasteiger partial charge in [-0.25, -0.2) is 9.37 Å². The topological polar surface area (TPSA) is 72.2 Å². The second-order valence-electron chi connectivity index (χ2n) is 5.58. The summed E-state index contributed by atoms with van der Waals surface area (Å²) in [6.45, 7) is 4.53. The third-order valence-electron chi connectivity index (χ3n) is 2.93. The summed E-state index contributed by atoms with van der Waals surface area (Å²) in [4.78, 5) is 15.8. The van der Waals surface area contributed by atoms with Crippen molar-refractivity contribution in [1.29, 1.82) is 0 Å². The second kappa shape index (κ2) is 8.01. The summed E-state index contributed by atoms with van der Waals surface area (Å²) in [5, 5.41) is 2.72. The van der Waals surface area contributed by atoms with Crippen LogP contribution >= 0.6 is 0 Å². The van der Waals surface area contributed by atoms with E-state index in [2.05, 4.69) is 10.3 Å². The number of nitrogens with one attached hydrogen (secondary N) is 1. The zero-order valence-electron chi connectivity index (χ0n) is 13.0. The van der Waals surface area contributed by atoms with E-state index in [1.807, 2.05) is 13.8 Å². The average Bonchev–Trinajstić information content (AvgIpc) is 2.93. The first-order chi connectivity index (χ1) is 10.9. The number of amides is 1. The number of carbonyl (C=O) groups is 1.